The largest absolute Gasteiger partial charge is 0.352 e. The number of aromatic nitrogens is 1. The predicted octanol–water partition coefficient (Wildman–Crippen LogP) is 1.70. The van der Waals surface area contributed by atoms with Crippen LogP contribution < -0.4 is 5.32 Å². The SMILES string of the molecule is CC(C1CC1)N(C)S(=O)(=O)c1cc(CNC2CC2)n(C)c1. The lowest BCUT2D eigenvalue weighted by atomic mass is 10.2. The minimum Gasteiger partial charge on any atom is -0.352 e. The van der Waals surface area contributed by atoms with Crippen LogP contribution >= 0.6 is 0 Å². The molecular weight excluding hydrogens is 286 g/mol. The molecule has 21 heavy (non-hydrogen) atoms. The molecule has 5 nitrogen and oxygen atoms in total. The second-order valence-corrected chi connectivity index (χ2v) is 8.53. The van der Waals surface area contributed by atoms with E-state index >= 15 is 0 Å². The van der Waals surface area contributed by atoms with Gasteiger partial charge in [0.05, 0.1) is 0 Å². The van der Waals surface area contributed by atoms with Gasteiger partial charge in [0.15, 0.2) is 0 Å². The fourth-order valence-electron chi connectivity index (χ4n) is 2.69. The normalized spacial score (nSPS) is 21.0. The number of hydrogen-bond donors (Lipinski definition) is 1. The van der Waals surface area contributed by atoms with Crippen molar-refractivity contribution in [1.82, 2.24) is 14.2 Å². The van der Waals surface area contributed by atoms with Crippen LogP contribution in [-0.4, -0.2) is 36.4 Å². The average molecular weight is 311 g/mol. The molecule has 1 aromatic rings. The standard InChI is InChI=1S/C15H25N3O2S/c1-11(12-4-5-12)18(3)21(19,20)15-8-14(17(2)10-15)9-16-13-6-7-13/h8,10-13,16H,4-7,9H2,1-3H3. The number of nitrogens with zero attached hydrogens (tertiary/aromatic N) is 2. The lowest BCUT2D eigenvalue weighted by Crippen LogP contribution is -2.36. The van der Waals surface area contributed by atoms with Crippen molar-refractivity contribution in [3.63, 3.8) is 0 Å². The summed E-state index contributed by atoms with van der Waals surface area (Å²) in [7, 11) is 0.229. The Morgan fingerprint density at radius 1 is 1.38 bits per heavy atom. The third-order valence-electron chi connectivity index (χ3n) is 4.79. The molecule has 2 aliphatic rings. The van der Waals surface area contributed by atoms with Crippen molar-refractivity contribution < 1.29 is 8.42 Å². The molecule has 6 heteroatoms. The topological polar surface area (TPSA) is 54.3 Å². The van der Waals surface area contributed by atoms with Gasteiger partial charge in [0, 0.05) is 44.6 Å². The smallest absolute Gasteiger partial charge is 0.244 e. The molecule has 1 heterocycles. The van der Waals surface area contributed by atoms with Gasteiger partial charge >= 0.3 is 0 Å². The molecule has 1 aromatic heterocycles. The molecule has 118 valence electrons. The quantitative estimate of drug-likeness (QED) is 0.834. The highest BCUT2D eigenvalue weighted by Crippen LogP contribution is 2.36. The molecule has 3 rings (SSSR count). The van der Waals surface area contributed by atoms with Crippen molar-refractivity contribution in [2.24, 2.45) is 13.0 Å². The molecule has 0 aromatic carbocycles. The number of sulfonamides is 1. The fourth-order valence-corrected chi connectivity index (χ4v) is 4.21. The summed E-state index contributed by atoms with van der Waals surface area (Å²) in [5.41, 5.74) is 1.02. The van der Waals surface area contributed by atoms with Crippen LogP contribution in [0.25, 0.3) is 0 Å². The first-order valence-corrected chi connectivity index (χ1v) is 9.20. The molecule has 0 amide bonds. The second kappa shape index (κ2) is 5.41. The highest BCUT2D eigenvalue weighted by Gasteiger charge is 2.36. The van der Waals surface area contributed by atoms with Crippen LogP contribution in [0.15, 0.2) is 17.2 Å². The zero-order valence-corrected chi connectivity index (χ0v) is 13.9. The molecule has 1 N–H and O–H groups in total. The summed E-state index contributed by atoms with van der Waals surface area (Å²) in [6.45, 7) is 2.74. The fraction of sp³-hybridized carbons (Fsp3) is 0.733. The van der Waals surface area contributed by atoms with E-state index < -0.39 is 10.0 Å². The molecule has 0 aliphatic heterocycles. The lowest BCUT2D eigenvalue weighted by molar-refractivity contribution is 0.357. The number of nitrogens with one attached hydrogen (secondary N) is 1. The number of rotatable bonds is 7. The summed E-state index contributed by atoms with van der Waals surface area (Å²) < 4.78 is 28.9. The third-order valence-corrected chi connectivity index (χ3v) is 6.70. The molecule has 0 radical (unpaired) electrons. The van der Waals surface area contributed by atoms with Gasteiger partial charge < -0.3 is 9.88 Å². The van der Waals surface area contributed by atoms with E-state index in [1.54, 1.807) is 19.3 Å². The minimum atomic E-state index is -3.38. The maximum Gasteiger partial charge on any atom is 0.244 e. The summed E-state index contributed by atoms with van der Waals surface area (Å²) in [6.07, 6.45) is 6.49. The molecule has 2 fully saturated rings. The van der Waals surface area contributed by atoms with E-state index in [2.05, 4.69) is 5.32 Å². The summed E-state index contributed by atoms with van der Waals surface area (Å²) in [5, 5.41) is 3.43. The van der Waals surface area contributed by atoms with E-state index in [0.29, 0.717) is 16.9 Å². The molecule has 0 spiro atoms. The molecule has 0 saturated heterocycles. The first kappa shape index (κ1) is 15.1. The van der Waals surface area contributed by atoms with Crippen molar-refractivity contribution in [2.45, 2.75) is 56.1 Å². The Labute approximate surface area is 127 Å². The summed E-state index contributed by atoms with van der Waals surface area (Å²) >= 11 is 0. The van der Waals surface area contributed by atoms with Crippen molar-refractivity contribution in [1.29, 1.82) is 0 Å². The third kappa shape index (κ3) is 3.17. The summed E-state index contributed by atoms with van der Waals surface area (Å²) in [4.78, 5) is 0.410. The maximum absolute atomic E-state index is 12.7. The summed E-state index contributed by atoms with van der Waals surface area (Å²) in [6, 6.07) is 2.52. The van der Waals surface area contributed by atoms with Gasteiger partial charge in [-0.3, -0.25) is 0 Å². The van der Waals surface area contributed by atoms with E-state index in [4.69, 9.17) is 0 Å². The van der Waals surface area contributed by atoms with Gasteiger partial charge in [-0.25, -0.2) is 8.42 Å². The molecular formula is C15H25N3O2S. The monoisotopic (exact) mass is 311 g/mol. The molecule has 2 saturated carbocycles. The van der Waals surface area contributed by atoms with Gasteiger partial charge in [0.1, 0.15) is 4.90 Å². The summed E-state index contributed by atoms with van der Waals surface area (Å²) in [5.74, 6) is 0.532. The van der Waals surface area contributed by atoms with Crippen LogP contribution in [0.3, 0.4) is 0 Å². The van der Waals surface area contributed by atoms with Gasteiger partial charge in [-0.1, -0.05) is 0 Å². The molecule has 1 atom stereocenters. The Morgan fingerprint density at radius 2 is 2.05 bits per heavy atom. The van der Waals surface area contributed by atoms with Crippen LogP contribution in [-0.2, 0) is 23.6 Å². The Hall–Kier alpha value is -0.850. The highest BCUT2D eigenvalue weighted by molar-refractivity contribution is 7.89. The van der Waals surface area contributed by atoms with Gasteiger partial charge in [-0.2, -0.15) is 4.31 Å². The van der Waals surface area contributed by atoms with Gasteiger partial charge in [0.25, 0.3) is 0 Å². The predicted molar refractivity (Wildman–Crippen MR) is 82.4 cm³/mol. The number of aryl methyl sites for hydroxylation is 1. The zero-order valence-electron chi connectivity index (χ0n) is 13.0. The first-order valence-electron chi connectivity index (χ1n) is 7.76. The number of hydrogen-bond acceptors (Lipinski definition) is 3. The average Bonchev–Trinajstić information content (AvgIpc) is 3.34. The maximum atomic E-state index is 12.7. The van der Waals surface area contributed by atoms with Crippen LogP contribution in [0.1, 0.15) is 38.3 Å². The van der Waals surface area contributed by atoms with Crippen molar-refractivity contribution in [3.05, 3.63) is 18.0 Å². The van der Waals surface area contributed by atoms with Crippen molar-refractivity contribution >= 4 is 10.0 Å². The highest BCUT2D eigenvalue weighted by atomic mass is 32.2. The van der Waals surface area contributed by atoms with Crippen LogP contribution in [0.4, 0.5) is 0 Å². The first-order chi connectivity index (χ1) is 9.89. The van der Waals surface area contributed by atoms with Crippen molar-refractivity contribution in [2.75, 3.05) is 7.05 Å². The van der Waals surface area contributed by atoms with Crippen molar-refractivity contribution in [3.8, 4) is 0 Å². The van der Waals surface area contributed by atoms with E-state index in [-0.39, 0.29) is 6.04 Å². The van der Waals surface area contributed by atoms with Gasteiger partial charge in [-0.05, 0) is 44.6 Å². The van der Waals surface area contributed by atoms with Crippen LogP contribution in [0, 0.1) is 5.92 Å². The van der Waals surface area contributed by atoms with Gasteiger partial charge in [0.2, 0.25) is 10.0 Å². The molecule has 1 unspecified atom stereocenters. The van der Waals surface area contributed by atoms with E-state index in [1.165, 1.54) is 17.1 Å². The zero-order chi connectivity index (χ0) is 15.2. The van der Waals surface area contributed by atoms with Crippen LogP contribution in [0.5, 0.6) is 0 Å². The Balaban J connectivity index is 1.75. The Kier molecular flexibility index (Phi) is 3.88. The Bertz CT molecular complexity index is 615. The molecule has 2 aliphatic carbocycles. The minimum absolute atomic E-state index is 0.0863. The molecule has 0 bridgehead atoms. The van der Waals surface area contributed by atoms with E-state index in [9.17, 15) is 8.42 Å². The van der Waals surface area contributed by atoms with Gasteiger partial charge in [-0.15, -0.1) is 0 Å². The van der Waals surface area contributed by atoms with E-state index in [0.717, 1.165) is 25.1 Å². The van der Waals surface area contributed by atoms with E-state index in [1.807, 2.05) is 18.5 Å². The van der Waals surface area contributed by atoms with Crippen LogP contribution in [0.2, 0.25) is 0 Å². The Morgan fingerprint density at radius 3 is 2.62 bits per heavy atom. The lowest BCUT2D eigenvalue weighted by Gasteiger charge is -2.23. The second-order valence-electron chi connectivity index (χ2n) is 6.53.